The Hall–Kier alpha value is -2.01. The van der Waals surface area contributed by atoms with Crippen molar-refractivity contribution in [2.45, 2.75) is 24.3 Å². The van der Waals surface area contributed by atoms with Gasteiger partial charge in [0.05, 0.1) is 19.2 Å². The van der Waals surface area contributed by atoms with E-state index >= 15 is 0 Å². The number of aromatic amines is 1. The molecule has 5 atom stereocenters. The van der Waals surface area contributed by atoms with E-state index in [9.17, 15) is 23.9 Å². The average molecular weight is 611 g/mol. The molecule has 0 saturated carbocycles. The summed E-state index contributed by atoms with van der Waals surface area (Å²) in [6.07, 6.45) is -3.44. The topological polar surface area (TPSA) is 236 Å². The number of nitrogens with one attached hydrogen (secondary N) is 1. The molecule has 1 fully saturated rings. The van der Waals surface area contributed by atoms with Gasteiger partial charge in [-0.15, -0.1) is 0 Å². The van der Waals surface area contributed by atoms with E-state index in [0.29, 0.717) is 16.4 Å². The Balaban J connectivity index is 1.50. The van der Waals surface area contributed by atoms with Crippen LogP contribution in [0.4, 0.5) is 11.6 Å². The quantitative estimate of drug-likeness (QED) is 0.133. The molecular formula is C19H26BClN4O12P2. The highest BCUT2D eigenvalue weighted by atomic mass is 35.5. The van der Waals surface area contributed by atoms with Crippen molar-refractivity contribution in [1.82, 2.24) is 9.97 Å². The monoisotopic (exact) mass is 610 g/mol. The molecule has 2 aliphatic heterocycles. The Morgan fingerprint density at radius 2 is 1.97 bits per heavy atom. The predicted molar refractivity (Wildman–Crippen MR) is 138 cm³/mol. The molecule has 1 saturated heterocycles. The van der Waals surface area contributed by atoms with Gasteiger partial charge in [0.25, 0.3) is 12.3 Å². The molecule has 16 nitrogen and oxygen atoms in total. The number of nitrogens with zero attached hydrogens (tertiary/aromatic N) is 2. The normalized spacial score (nSPS) is 24.6. The molecule has 39 heavy (non-hydrogen) atoms. The molecule has 0 aliphatic carbocycles. The molecular weight excluding hydrogens is 584 g/mol. The highest BCUT2D eigenvalue weighted by Gasteiger charge is 2.53. The van der Waals surface area contributed by atoms with Crippen molar-refractivity contribution < 1.29 is 52.0 Å². The molecule has 7 N–H and O–H groups in total. The third-order valence-corrected chi connectivity index (χ3v) is 8.53. The Morgan fingerprint density at radius 3 is 2.62 bits per heavy atom. The van der Waals surface area contributed by atoms with Gasteiger partial charge in [0.1, 0.15) is 36.4 Å². The van der Waals surface area contributed by atoms with Crippen LogP contribution in [0.2, 0.25) is 5.02 Å². The van der Waals surface area contributed by atoms with Gasteiger partial charge in [0.2, 0.25) is 0 Å². The number of anilines is 2. The lowest BCUT2D eigenvalue weighted by atomic mass is 9.43. The smallest absolute Gasteiger partial charge is 0.481 e. The van der Waals surface area contributed by atoms with Gasteiger partial charge in [-0.2, -0.15) is 4.31 Å². The van der Waals surface area contributed by atoms with E-state index in [0.717, 1.165) is 0 Å². The highest BCUT2D eigenvalue weighted by Crippen LogP contribution is 2.57. The lowest BCUT2D eigenvalue weighted by Gasteiger charge is -2.23. The Labute approximate surface area is 226 Å². The Bertz CT molecular complexity index is 1330. The minimum absolute atomic E-state index is 0.133. The fourth-order valence-electron chi connectivity index (χ4n) is 4.58. The number of nitrogens with two attached hydrogens (primary N) is 1. The summed E-state index contributed by atoms with van der Waals surface area (Å²) in [5.74, 6) is 0.444. The van der Waals surface area contributed by atoms with Crippen molar-refractivity contribution in [2.24, 2.45) is 0 Å². The first kappa shape index (κ1) is 30.0. The first-order valence-corrected chi connectivity index (χ1v) is 14.8. The second-order valence-electron chi connectivity index (χ2n) is 8.71. The molecule has 20 heteroatoms. The number of phosphoric ester groups is 1. The lowest BCUT2D eigenvalue weighted by Crippen LogP contribution is -2.52. The van der Waals surface area contributed by atoms with Crippen LogP contribution in [0.15, 0.2) is 29.1 Å². The number of aliphatic hydroxyl groups is 1. The number of rotatable bonds is 11. The number of benzene rings is 1. The fourth-order valence-corrected chi connectivity index (χ4v) is 6.30. The number of aliphatic hydroxyl groups excluding tert-OH is 1. The largest absolute Gasteiger partial charge is 0.492 e. The van der Waals surface area contributed by atoms with Crippen LogP contribution >= 0.6 is 27.2 Å². The van der Waals surface area contributed by atoms with E-state index in [1.807, 2.05) is 0 Å². The highest BCUT2D eigenvalue weighted by molar-refractivity contribution is 7.60. The molecule has 4 rings (SSSR count). The maximum Gasteiger partial charge on any atom is 0.481 e. The number of H-pyrrole nitrogens is 1. The van der Waals surface area contributed by atoms with Gasteiger partial charge in [0.15, 0.2) is 5.95 Å². The van der Waals surface area contributed by atoms with Crippen LogP contribution in [-0.4, -0.2) is 94.1 Å². The van der Waals surface area contributed by atoms with E-state index < -0.39 is 58.8 Å². The molecule has 1 aromatic heterocycles. The van der Waals surface area contributed by atoms with Crippen LogP contribution in [0.1, 0.15) is 0 Å². The number of methoxy groups -OCH3 is 1. The van der Waals surface area contributed by atoms with E-state index in [-0.39, 0.29) is 31.2 Å². The number of hydrogen-bond donors (Lipinski definition) is 6. The Morgan fingerprint density at radius 1 is 1.28 bits per heavy atom. The van der Waals surface area contributed by atoms with Crippen LogP contribution in [0.5, 0.6) is 5.75 Å². The summed E-state index contributed by atoms with van der Waals surface area (Å²) in [5, 5.41) is 11.3. The third-order valence-electron chi connectivity index (χ3n) is 6.12. The summed E-state index contributed by atoms with van der Waals surface area (Å²) in [6, 6.07) is 5.84. The molecule has 0 radical (unpaired) electrons. The van der Waals surface area contributed by atoms with Crippen molar-refractivity contribution in [3.05, 3.63) is 39.6 Å². The van der Waals surface area contributed by atoms with E-state index in [2.05, 4.69) is 18.8 Å². The van der Waals surface area contributed by atoms with E-state index in [1.165, 1.54) is 7.11 Å². The molecule has 2 aromatic rings. The summed E-state index contributed by atoms with van der Waals surface area (Å²) in [4.78, 5) is 48.4. The second-order valence-corrected chi connectivity index (χ2v) is 12.0. The minimum atomic E-state index is -5.34. The van der Waals surface area contributed by atoms with Crippen molar-refractivity contribution in [2.75, 3.05) is 43.9 Å². The summed E-state index contributed by atoms with van der Waals surface area (Å²) in [6.45, 7) is -0.944. The molecule has 214 valence electrons. The molecule has 0 bridgehead atoms. The zero-order valence-corrected chi connectivity index (χ0v) is 22.9. The van der Waals surface area contributed by atoms with E-state index in [1.54, 1.807) is 29.2 Å². The van der Waals surface area contributed by atoms with Gasteiger partial charge >= 0.3 is 15.6 Å². The van der Waals surface area contributed by atoms with Crippen LogP contribution in [-0.2, 0) is 27.4 Å². The van der Waals surface area contributed by atoms with Crippen molar-refractivity contribution in [3.63, 3.8) is 0 Å². The third kappa shape index (κ3) is 7.20. The molecule has 0 spiro atoms. The average Bonchev–Trinajstić information content (AvgIpc) is 3.34. The number of hydrogen-bond acceptors (Lipinski definition) is 12. The number of phosphoric acid groups is 2. The van der Waals surface area contributed by atoms with Crippen molar-refractivity contribution >= 4 is 51.2 Å². The minimum Gasteiger partial charge on any atom is -0.492 e. The number of nitrogen functional groups attached to an aromatic ring is 1. The second kappa shape index (κ2) is 11.8. The number of ether oxygens (including phenoxy) is 3. The zero-order valence-electron chi connectivity index (χ0n) is 20.3. The predicted octanol–water partition coefficient (Wildman–Crippen LogP) is -0.946. The lowest BCUT2D eigenvalue weighted by molar-refractivity contribution is -0.0144. The van der Waals surface area contributed by atoms with Gasteiger partial charge in [-0.3, -0.25) is 14.3 Å². The molecule has 0 amide bonds. The van der Waals surface area contributed by atoms with Crippen LogP contribution < -0.4 is 26.5 Å². The summed E-state index contributed by atoms with van der Waals surface area (Å²) >= 11 is 5.89. The Kier molecular flexibility index (Phi) is 9.10. The van der Waals surface area contributed by atoms with Crippen LogP contribution in [0.25, 0.3) is 0 Å². The standard InChI is InChI=1S/C19H26BClN4O12P2/c1-33-15-14(26)12(8-35-39(31,32)37-38(28,29)30)36-17(15)20-9-25(13-16(20)23-19(22)24-18(13)27)6-7-34-11-4-2-10(21)3-5-11/h2-5,12,14-15,17,26H,6-9H2,1H3,(H,31,32)(H2,28,29,30)(H3,22,23,24,27)/t12-,14-,15-,17-/m1/s1. The molecule has 3 heterocycles. The molecule has 2 aliphatic rings. The van der Waals surface area contributed by atoms with Gasteiger partial charge in [-0.1, -0.05) is 11.6 Å². The van der Waals surface area contributed by atoms with Gasteiger partial charge in [-0.05, 0) is 24.3 Å². The molecule has 1 unspecified atom stereocenters. The van der Waals surface area contributed by atoms with E-state index in [4.69, 9.17) is 41.3 Å². The van der Waals surface area contributed by atoms with Gasteiger partial charge < -0.3 is 44.6 Å². The SMILES string of the molecule is CO[C@@H]1[C@H](O)[C@@H](COP(=O)(O)OP(=O)(O)O)O[C@H]1B1CN(CCOc2ccc(Cl)cc2)c2c1nc(N)[nH]c2=O. The zero-order chi connectivity index (χ0) is 28.5. The van der Waals surface area contributed by atoms with Gasteiger partial charge in [-0.25, -0.2) is 14.1 Å². The summed E-state index contributed by atoms with van der Waals surface area (Å²) in [7, 11) is -9.20. The van der Waals surface area contributed by atoms with Crippen molar-refractivity contribution in [1.29, 1.82) is 0 Å². The first-order chi connectivity index (χ1) is 18.3. The number of fused-ring (bicyclic) bond motifs is 1. The summed E-state index contributed by atoms with van der Waals surface area (Å²) < 4.78 is 48.2. The molecule has 1 aromatic carbocycles. The van der Waals surface area contributed by atoms with Crippen molar-refractivity contribution in [3.8, 4) is 5.75 Å². The first-order valence-electron chi connectivity index (χ1n) is 11.4. The maximum absolute atomic E-state index is 12.8. The fraction of sp³-hybridized carbons (Fsp3) is 0.474. The van der Waals surface area contributed by atoms with Crippen LogP contribution in [0, 0.1) is 0 Å². The maximum atomic E-state index is 12.8. The summed E-state index contributed by atoms with van der Waals surface area (Å²) in [5.41, 5.74) is 5.83. The van der Waals surface area contributed by atoms with Crippen LogP contribution in [0.3, 0.4) is 0 Å². The number of halogens is 1. The number of aromatic nitrogens is 2. The van der Waals surface area contributed by atoms with Gasteiger partial charge in [0, 0.05) is 24.2 Å².